The van der Waals surface area contributed by atoms with Gasteiger partial charge < -0.3 is 15.0 Å². The van der Waals surface area contributed by atoms with Gasteiger partial charge in [-0.2, -0.15) is 0 Å². The van der Waals surface area contributed by atoms with Gasteiger partial charge in [-0.1, -0.05) is 29.8 Å². The zero-order valence-corrected chi connectivity index (χ0v) is 19.9. The molecule has 0 bridgehead atoms. The highest BCUT2D eigenvalue weighted by Crippen LogP contribution is 2.29. The van der Waals surface area contributed by atoms with Crippen molar-refractivity contribution < 1.29 is 13.2 Å². The van der Waals surface area contributed by atoms with Crippen molar-refractivity contribution in [3.63, 3.8) is 0 Å². The summed E-state index contributed by atoms with van der Waals surface area (Å²) in [5, 5.41) is 1.48. The number of imidazole rings is 1. The molecular formula is C23H26ClN5O3S. The number of para-hydroxylation sites is 1. The van der Waals surface area contributed by atoms with Crippen molar-refractivity contribution in [1.82, 2.24) is 19.3 Å². The molecule has 4 rings (SSSR count). The lowest BCUT2D eigenvalue weighted by Crippen LogP contribution is -2.25. The van der Waals surface area contributed by atoms with Crippen LogP contribution in [-0.2, 0) is 27.7 Å². The molecule has 0 aliphatic heterocycles. The van der Waals surface area contributed by atoms with Crippen molar-refractivity contribution in [3.8, 4) is 0 Å². The molecule has 0 fully saturated rings. The third-order valence-electron chi connectivity index (χ3n) is 5.44. The predicted molar refractivity (Wildman–Crippen MR) is 131 cm³/mol. The van der Waals surface area contributed by atoms with Crippen LogP contribution in [-0.4, -0.2) is 43.2 Å². The van der Waals surface area contributed by atoms with Gasteiger partial charge in [0.15, 0.2) is 5.82 Å². The number of halogens is 1. The highest BCUT2D eigenvalue weighted by Gasteiger charge is 2.17. The molecule has 4 aromatic rings. The number of nitrogens with two attached hydrogens (primary N) is 1. The zero-order chi connectivity index (χ0) is 23.4. The van der Waals surface area contributed by atoms with E-state index in [-0.39, 0.29) is 4.90 Å². The minimum Gasteiger partial charge on any atom is -0.384 e. The van der Waals surface area contributed by atoms with Crippen LogP contribution in [0.4, 0.5) is 5.82 Å². The van der Waals surface area contributed by atoms with Crippen molar-refractivity contribution >= 4 is 49.4 Å². The van der Waals surface area contributed by atoms with Gasteiger partial charge in [0.25, 0.3) is 0 Å². The van der Waals surface area contributed by atoms with Gasteiger partial charge in [-0.3, -0.25) is 0 Å². The summed E-state index contributed by atoms with van der Waals surface area (Å²) in [4.78, 5) is 9.45. The smallest absolute Gasteiger partial charge is 0.240 e. The second-order valence-electron chi connectivity index (χ2n) is 7.69. The number of unbranched alkanes of at least 4 members (excludes halogenated alkanes) is 1. The number of aryl methyl sites for hydroxylation is 1. The van der Waals surface area contributed by atoms with Gasteiger partial charge in [0.2, 0.25) is 10.0 Å². The molecule has 3 N–H and O–H groups in total. The topological polar surface area (TPSA) is 112 Å². The summed E-state index contributed by atoms with van der Waals surface area (Å²) < 4.78 is 35.0. The first-order valence-electron chi connectivity index (χ1n) is 10.7. The first kappa shape index (κ1) is 23.4. The maximum absolute atomic E-state index is 12.5. The van der Waals surface area contributed by atoms with E-state index in [4.69, 9.17) is 27.1 Å². The normalized spacial score (nSPS) is 12.1. The summed E-state index contributed by atoms with van der Waals surface area (Å²) in [6.07, 6.45) is 2.06. The van der Waals surface area contributed by atoms with Gasteiger partial charge in [-0.05, 0) is 43.2 Å². The number of nitrogen functional groups attached to an aromatic ring is 1. The van der Waals surface area contributed by atoms with Crippen molar-refractivity contribution in [1.29, 1.82) is 0 Å². The van der Waals surface area contributed by atoms with E-state index >= 15 is 0 Å². The Kier molecular flexibility index (Phi) is 7.14. The molecule has 0 saturated carbocycles. The Bertz CT molecular complexity index is 1370. The summed E-state index contributed by atoms with van der Waals surface area (Å²) in [6, 6.07) is 14.0. The van der Waals surface area contributed by atoms with Gasteiger partial charge in [-0.15, -0.1) is 0 Å². The van der Waals surface area contributed by atoms with E-state index in [0.717, 1.165) is 28.7 Å². The van der Waals surface area contributed by atoms with Crippen LogP contribution in [0, 0.1) is 0 Å². The molecule has 0 amide bonds. The van der Waals surface area contributed by atoms with Gasteiger partial charge in [0.05, 0.1) is 22.5 Å². The van der Waals surface area contributed by atoms with Gasteiger partial charge >= 0.3 is 0 Å². The molecule has 33 heavy (non-hydrogen) atoms. The Morgan fingerprint density at radius 3 is 2.61 bits per heavy atom. The minimum absolute atomic E-state index is 0.198. The second-order valence-corrected chi connectivity index (χ2v) is 9.90. The molecule has 0 atom stereocenters. The molecule has 2 aromatic carbocycles. The van der Waals surface area contributed by atoms with Crippen LogP contribution in [0.5, 0.6) is 0 Å². The van der Waals surface area contributed by atoms with Crippen LogP contribution in [0.2, 0.25) is 5.02 Å². The van der Waals surface area contributed by atoms with Crippen LogP contribution < -0.4 is 10.5 Å². The molecule has 0 unspecified atom stereocenters. The minimum atomic E-state index is -3.57. The monoisotopic (exact) mass is 487 g/mol. The molecular weight excluding hydrogens is 462 g/mol. The number of hydrogen-bond acceptors (Lipinski definition) is 6. The Hall–Kier alpha value is -2.72. The highest BCUT2D eigenvalue weighted by molar-refractivity contribution is 7.89. The van der Waals surface area contributed by atoms with E-state index in [9.17, 15) is 8.42 Å². The van der Waals surface area contributed by atoms with Gasteiger partial charge in [-0.25, -0.2) is 23.1 Å². The lowest BCUT2D eigenvalue weighted by atomic mass is 10.2. The average molecular weight is 488 g/mol. The molecule has 0 saturated heterocycles. The fourth-order valence-electron chi connectivity index (χ4n) is 3.83. The van der Waals surface area contributed by atoms with Gasteiger partial charge in [0, 0.05) is 37.0 Å². The standard InChI is InChI=1S/C23H26ClN5O3S/c1-32-15-12-20-28-21-22(18-6-2-3-7-19(18)27-23(21)25)29(20)14-5-4-13-26-33(30,31)17-10-8-16(24)9-11-17/h2-3,6-11,26H,4-5,12-15H2,1H3,(H2,25,27). The molecule has 174 valence electrons. The summed E-state index contributed by atoms with van der Waals surface area (Å²) in [6.45, 7) is 1.54. The number of hydrogen-bond donors (Lipinski definition) is 2. The molecule has 2 aromatic heterocycles. The number of nitrogens with zero attached hydrogens (tertiary/aromatic N) is 3. The van der Waals surface area contributed by atoms with Gasteiger partial charge in [0.1, 0.15) is 11.3 Å². The number of aromatic nitrogens is 3. The van der Waals surface area contributed by atoms with Crippen molar-refractivity contribution in [2.45, 2.75) is 30.7 Å². The summed E-state index contributed by atoms with van der Waals surface area (Å²) in [7, 11) is -1.91. The molecule has 0 radical (unpaired) electrons. The average Bonchev–Trinajstić information content (AvgIpc) is 3.17. The number of rotatable bonds is 10. The lowest BCUT2D eigenvalue weighted by Gasteiger charge is -2.11. The van der Waals surface area contributed by atoms with Crippen LogP contribution in [0.3, 0.4) is 0 Å². The number of benzene rings is 2. The molecule has 10 heteroatoms. The third kappa shape index (κ3) is 5.11. The Balaban J connectivity index is 1.51. The van der Waals surface area contributed by atoms with Crippen LogP contribution in [0.1, 0.15) is 18.7 Å². The third-order valence-corrected chi connectivity index (χ3v) is 7.17. The van der Waals surface area contributed by atoms with E-state index in [1.165, 1.54) is 12.1 Å². The summed E-state index contributed by atoms with van der Waals surface area (Å²) in [5.41, 5.74) is 8.67. The van der Waals surface area contributed by atoms with E-state index < -0.39 is 10.0 Å². The highest BCUT2D eigenvalue weighted by atomic mass is 35.5. The SMILES string of the molecule is COCCc1nc2c(N)nc3ccccc3c2n1CCCCNS(=O)(=O)c1ccc(Cl)cc1. The largest absolute Gasteiger partial charge is 0.384 e. The first-order chi connectivity index (χ1) is 15.9. The van der Waals surface area contributed by atoms with E-state index in [2.05, 4.69) is 14.3 Å². The predicted octanol–water partition coefficient (Wildman–Crippen LogP) is 3.77. The van der Waals surface area contributed by atoms with E-state index in [1.54, 1.807) is 19.2 Å². The number of nitrogens with one attached hydrogen (secondary N) is 1. The zero-order valence-electron chi connectivity index (χ0n) is 18.3. The molecule has 0 aliphatic carbocycles. The van der Waals surface area contributed by atoms with Crippen molar-refractivity contribution in [2.24, 2.45) is 0 Å². The Morgan fingerprint density at radius 1 is 1.09 bits per heavy atom. The number of fused-ring (bicyclic) bond motifs is 3. The number of ether oxygens (including phenoxy) is 1. The lowest BCUT2D eigenvalue weighted by molar-refractivity contribution is 0.199. The quantitative estimate of drug-likeness (QED) is 0.329. The molecule has 0 aliphatic rings. The maximum Gasteiger partial charge on any atom is 0.240 e. The summed E-state index contributed by atoms with van der Waals surface area (Å²) >= 11 is 5.85. The molecule has 0 spiro atoms. The van der Waals surface area contributed by atoms with E-state index in [0.29, 0.717) is 48.9 Å². The number of methoxy groups -OCH3 is 1. The maximum atomic E-state index is 12.5. The Labute approximate surface area is 197 Å². The van der Waals surface area contributed by atoms with Crippen molar-refractivity contribution in [3.05, 3.63) is 59.4 Å². The molecule has 8 nitrogen and oxygen atoms in total. The van der Waals surface area contributed by atoms with Crippen LogP contribution in [0.15, 0.2) is 53.4 Å². The van der Waals surface area contributed by atoms with E-state index in [1.807, 2.05) is 24.3 Å². The summed E-state index contributed by atoms with van der Waals surface area (Å²) in [5.74, 6) is 1.27. The first-order valence-corrected chi connectivity index (χ1v) is 12.5. The number of anilines is 1. The molecule has 2 heterocycles. The van der Waals surface area contributed by atoms with Crippen LogP contribution >= 0.6 is 11.6 Å². The fourth-order valence-corrected chi connectivity index (χ4v) is 5.03. The number of sulfonamides is 1. The second kappa shape index (κ2) is 10.0. The Morgan fingerprint density at radius 2 is 1.85 bits per heavy atom. The van der Waals surface area contributed by atoms with Crippen LogP contribution in [0.25, 0.3) is 21.9 Å². The fraction of sp³-hybridized carbons (Fsp3) is 0.304. The number of pyridine rings is 1. The van der Waals surface area contributed by atoms with Crippen molar-refractivity contribution in [2.75, 3.05) is 26.0 Å².